The highest BCUT2D eigenvalue weighted by molar-refractivity contribution is 6.31. The number of rotatable bonds is 3. The summed E-state index contributed by atoms with van der Waals surface area (Å²) in [7, 11) is 0. The van der Waals surface area contributed by atoms with E-state index in [0.717, 1.165) is 5.56 Å². The third kappa shape index (κ3) is 2.07. The molecule has 0 saturated carbocycles. The molecule has 1 aromatic heterocycles. The van der Waals surface area contributed by atoms with Gasteiger partial charge in [-0.15, -0.1) is 0 Å². The average molecular weight is 221 g/mol. The quantitative estimate of drug-likeness (QED) is 0.745. The Morgan fingerprint density at radius 1 is 1.33 bits per heavy atom. The van der Waals surface area contributed by atoms with Crippen molar-refractivity contribution in [3.05, 3.63) is 52.8 Å². The average Bonchev–Trinajstić information content (AvgIpc) is 2.62. The Morgan fingerprint density at radius 2 is 2.07 bits per heavy atom. The molecule has 0 aliphatic carbocycles. The molecule has 0 aliphatic heterocycles. The molecule has 0 amide bonds. The zero-order chi connectivity index (χ0) is 10.7. The Labute approximate surface area is 92.3 Å². The van der Waals surface area contributed by atoms with Crippen LogP contribution in [-0.2, 0) is 6.54 Å². The summed E-state index contributed by atoms with van der Waals surface area (Å²) in [6, 6.07) is 9.82. The second kappa shape index (κ2) is 4.28. The fourth-order valence-corrected chi connectivity index (χ4v) is 1.53. The molecule has 0 unspecified atom stereocenters. The van der Waals surface area contributed by atoms with Crippen LogP contribution in [0.5, 0.6) is 0 Å². The van der Waals surface area contributed by atoms with Gasteiger partial charge in [0.2, 0.25) is 0 Å². The smallest absolute Gasteiger partial charge is 0.154 e. The van der Waals surface area contributed by atoms with E-state index >= 15 is 0 Å². The van der Waals surface area contributed by atoms with Crippen LogP contribution in [0.15, 0.2) is 36.5 Å². The highest BCUT2D eigenvalue weighted by atomic mass is 35.5. The van der Waals surface area contributed by atoms with Crippen molar-refractivity contribution in [1.82, 2.24) is 9.78 Å². The summed E-state index contributed by atoms with van der Waals surface area (Å²) < 4.78 is 1.60. The molecule has 0 atom stereocenters. The van der Waals surface area contributed by atoms with Gasteiger partial charge in [-0.3, -0.25) is 4.79 Å². The molecule has 2 rings (SSSR count). The molecule has 0 radical (unpaired) electrons. The number of carbonyl (C=O) groups excluding carboxylic acids is 1. The molecular weight excluding hydrogens is 212 g/mol. The summed E-state index contributed by atoms with van der Waals surface area (Å²) in [5, 5.41) is 4.42. The fourth-order valence-electron chi connectivity index (χ4n) is 1.33. The Bertz CT molecular complexity index is 465. The van der Waals surface area contributed by atoms with Crippen molar-refractivity contribution in [3.8, 4) is 0 Å². The maximum atomic E-state index is 10.6. The molecule has 76 valence electrons. The van der Waals surface area contributed by atoms with E-state index in [9.17, 15) is 4.79 Å². The number of hydrogen-bond donors (Lipinski definition) is 0. The summed E-state index contributed by atoms with van der Waals surface area (Å²) in [5.41, 5.74) is 1.52. The first-order valence-corrected chi connectivity index (χ1v) is 4.89. The second-order valence-corrected chi connectivity index (χ2v) is 3.51. The topological polar surface area (TPSA) is 34.9 Å². The van der Waals surface area contributed by atoms with Crippen molar-refractivity contribution >= 4 is 17.9 Å². The summed E-state index contributed by atoms with van der Waals surface area (Å²) in [4.78, 5) is 10.6. The Morgan fingerprint density at radius 3 is 2.67 bits per heavy atom. The van der Waals surface area contributed by atoms with Crippen molar-refractivity contribution in [1.29, 1.82) is 0 Å². The third-order valence-electron chi connectivity index (χ3n) is 2.10. The van der Waals surface area contributed by atoms with E-state index in [1.54, 1.807) is 4.68 Å². The van der Waals surface area contributed by atoms with Crippen LogP contribution in [0.25, 0.3) is 0 Å². The summed E-state index contributed by atoms with van der Waals surface area (Å²) >= 11 is 5.94. The Hall–Kier alpha value is -1.61. The van der Waals surface area contributed by atoms with E-state index in [1.165, 1.54) is 6.20 Å². The first kappa shape index (κ1) is 9.93. The van der Waals surface area contributed by atoms with Crippen LogP contribution in [-0.4, -0.2) is 16.1 Å². The van der Waals surface area contributed by atoms with E-state index in [1.807, 2.05) is 30.3 Å². The number of aldehydes is 1. The summed E-state index contributed by atoms with van der Waals surface area (Å²) in [6.45, 7) is 0.577. The van der Waals surface area contributed by atoms with Gasteiger partial charge >= 0.3 is 0 Å². The monoisotopic (exact) mass is 220 g/mol. The van der Waals surface area contributed by atoms with Crippen molar-refractivity contribution in [2.45, 2.75) is 6.54 Å². The molecule has 3 nitrogen and oxygen atoms in total. The fraction of sp³-hybridized carbons (Fsp3) is 0.0909. The van der Waals surface area contributed by atoms with Gasteiger partial charge in [0.05, 0.1) is 18.3 Å². The lowest BCUT2D eigenvalue weighted by Gasteiger charge is -2.02. The van der Waals surface area contributed by atoms with E-state index in [4.69, 9.17) is 11.6 Å². The lowest BCUT2D eigenvalue weighted by Crippen LogP contribution is -2.01. The molecule has 0 N–H and O–H groups in total. The van der Waals surface area contributed by atoms with Gasteiger partial charge in [-0.25, -0.2) is 4.68 Å². The lowest BCUT2D eigenvalue weighted by molar-refractivity contribution is 0.112. The number of nitrogens with zero attached hydrogens (tertiary/aromatic N) is 2. The van der Waals surface area contributed by atoms with Crippen LogP contribution in [0.4, 0.5) is 0 Å². The minimum atomic E-state index is 0.383. The van der Waals surface area contributed by atoms with Gasteiger partial charge in [-0.2, -0.15) is 5.10 Å². The van der Waals surface area contributed by atoms with Crippen LogP contribution in [0.2, 0.25) is 5.15 Å². The number of aromatic nitrogens is 2. The third-order valence-corrected chi connectivity index (χ3v) is 2.52. The van der Waals surface area contributed by atoms with Crippen LogP contribution < -0.4 is 0 Å². The molecule has 15 heavy (non-hydrogen) atoms. The van der Waals surface area contributed by atoms with E-state index in [0.29, 0.717) is 23.5 Å². The zero-order valence-electron chi connectivity index (χ0n) is 7.93. The predicted molar refractivity (Wildman–Crippen MR) is 58.2 cm³/mol. The highest BCUT2D eigenvalue weighted by Gasteiger charge is 2.07. The van der Waals surface area contributed by atoms with Crippen LogP contribution in [0, 0.1) is 0 Å². The van der Waals surface area contributed by atoms with Crippen molar-refractivity contribution < 1.29 is 4.79 Å². The summed E-state index contributed by atoms with van der Waals surface area (Å²) in [6.07, 6.45) is 2.18. The molecule has 0 spiro atoms. The molecule has 4 heteroatoms. The molecule has 1 heterocycles. The predicted octanol–water partition coefficient (Wildman–Crippen LogP) is 2.40. The molecule has 0 aliphatic rings. The van der Waals surface area contributed by atoms with Gasteiger partial charge in [-0.05, 0) is 5.56 Å². The summed E-state index contributed by atoms with van der Waals surface area (Å²) in [5.74, 6) is 0. The Kier molecular flexibility index (Phi) is 2.83. The molecule has 0 fully saturated rings. The SMILES string of the molecule is O=Cc1cnn(Cc2ccccc2)c1Cl. The van der Waals surface area contributed by atoms with E-state index < -0.39 is 0 Å². The van der Waals surface area contributed by atoms with Crippen molar-refractivity contribution in [2.75, 3.05) is 0 Å². The molecule has 0 saturated heterocycles. The van der Waals surface area contributed by atoms with Crippen molar-refractivity contribution in [2.24, 2.45) is 0 Å². The van der Waals surface area contributed by atoms with Crippen molar-refractivity contribution in [3.63, 3.8) is 0 Å². The maximum Gasteiger partial charge on any atom is 0.154 e. The standard InChI is InChI=1S/C11H9ClN2O/c12-11-10(8-15)6-13-14(11)7-9-4-2-1-3-5-9/h1-6,8H,7H2. The van der Waals surface area contributed by atoms with E-state index in [2.05, 4.69) is 5.10 Å². The van der Waals surface area contributed by atoms with Gasteiger partial charge in [0.25, 0.3) is 0 Å². The van der Waals surface area contributed by atoms with Gasteiger partial charge in [0, 0.05) is 0 Å². The molecular formula is C11H9ClN2O. The van der Waals surface area contributed by atoms with Gasteiger partial charge in [-0.1, -0.05) is 41.9 Å². The minimum Gasteiger partial charge on any atom is -0.298 e. The van der Waals surface area contributed by atoms with Gasteiger partial charge in [0.1, 0.15) is 5.15 Å². The normalized spacial score (nSPS) is 10.2. The van der Waals surface area contributed by atoms with Gasteiger partial charge in [0.15, 0.2) is 6.29 Å². The first-order chi connectivity index (χ1) is 7.31. The number of benzene rings is 1. The number of carbonyl (C=O) groups is 1. The molecule has 2 aromatic rings. The highest BCUT2D eigenvalue weighted by Crippen LogP contribution is 2.14. The van der Waals surface area contributed by atoms with Gasteiger partial charge < -0.3 is 0 Å². The minimum absolute atomic E-state index is 0.383. The second-order valence-electron chi connectivity index (χ2n) is 3.15. The van der Waals surface area contributed by atoms with E-state index in [-0.39, 0.29) is 0 Å². The number of hydrogen-bond acceptors (Lipinski definition) is 2. The van der Waals surface area contributed by atoms with Crippen LogP contribution in [0.1, 0.15) is 15.9 Å². The van der Waals surface area contributed by atoms with Crippen LogP contribution in [0.3, 0.4) is 0 Å². The van der Waals surface area contributed by atoms with Crippen LogP contribution >= 0.6 is 11.6 Å². The molecule has 0 bridgehead atoms. The first-order valence-electron chi connectivity index (χ1n) is 4.51. The zero-order valence-corrected chi connectivity index (χ0v) is 8.69. The maximum absolute atomic E-state index is 10.6. The largest absolute Gasteiger partial charge is 0.298 e. The molecule has 1 aromatic carbocycles. The Balaban J connectivity index is 2.25. The number of halogens is 1. The lowest BCUT2D eigenvalue weighted by atomic mass is 10.2.